The Morgan fingerprint density at radius 1 is 0.971 bits per heavy atom. The van der Waals surface area contributed by atoms with E-state index in [1.54, 1.807) is 24.3 Å². The molecule has 7 nitrogen and oxygen atoms in total. The SMILES string of the molecule is COc1ccc2cc(CN(Cc3ccc(F)cc3)S(=O)(=O)c3ccc(C(C)=O)cc3)c(=O)[nH]c2c1. The first-order valence-electron chi connectivity index (χ1n) is 10.7. The van der Waals surface area contributed by atoms with Gasteiger partial charge < -0.3 is 9.72 Å². The summed E-state index contributed by atoms with van der Waals surface area (Å²) in [5, 5.41) is 0.713. The van der Waals surface area contributed by atoms with E-state index in [9.17, 15) is 22.4 Å². The van der Waals surface area contributed by atoms with Gasteiger partial charge in [0.2, 0.25) is 10.0 Å². The van der Waals surface area contributed by atoms with Gasteiger partial charge in [-0.1, -0.05) is 24.3 Å². The van der Waals surface area contributed by atoms with Crippen molar-refractivity contribution in [2.24, 2.45) is 0 Å². The van der Waals surface area contributed by atoms with Crippen LogP contribution in [0.25, 0.3) is 10.9 Å². The summed E-state index contributed by atoms with van der Waals surface area (Å²) in [5.74, 6) is -0.0451. The van der Waals surface area contributed by atoms with Gasteiger partial charge in [0, 0.05) is 30.3 Å². The van der Waals surface area contributed by atoms with Gasteiger partial charge in [-0.3, -0.25) is 9.59 Å². The van der Waals surface area contributed by atoms with E-state index in [-0.39, 0.29) is 29.3 Å². The summed E-state index contributed by atoms with van der Waals surface area (Å²) in [7, 11) is -2.55. The quantitative estimate of drug-likeness (QED) is 0.369. The molecule has 0 amide bonds. The number of benzene rings is 3. The number of pyridine rings is 1. The number of ketones is 1. The maximum Gasteiger partial charge on any atom is 0.252 e. The Morgan fingerprint density at radius 2 is 1.66 bits per heavy atom. The lowest BCUT2D eigenvalue weighted by Gasteiger charge is -2.22. The van der Waals surface area contributed by atoms with Gasteiger partial charge in [0.25, 0.3) is 5.56 Å². The minimum Gasteiger partial charge on any atom is -0.497 e. The van der Waals surface area contributed by atoms with Crippen molar-refractivity contribution in [3.8, 4) is 5.75 Å². The zero-order valence-corrected chi connectivity index (χ0v) is 19.9. The summed E-state index contributed by atoms with van der Waals surface area (Å²) in [4.78, 5) is 27.2. The zero-order chi connectivity index (χ0) is 25.2. The topological polar surface area (TPSA) is 96.5 Å². The molecule has 0 aliphatic heterocycles. The Kier molecular flexibility index (Phi) is 6.81. The molecule has 1 N–H and O–H groups in total. The van der Waals surface area contributed by atoms with Gasteiger partial charge in [-0.05, 0) is 60.3 Å². The molecular weight excluding hydrogens is 471 g/mol. The van der Waals surface area contributed by atoms with Crippen LogP contribution in [0.4, 0.5) is 4.39 Å². The van der Waals surface area contributed by atoms with Gasteiger partial charge in [-0.15, -0.1) is 0 Å². The van der Waals surface area contributed by atoms with E-state index in [1.807, 2.05) is 0 Å². The number of halogens is 1. The predicted molar refractivity (Wildman–Crippen MR) is 130 cm³/mol. The Morgan fingerprint density at radius 3 is 2.29 bits per heavy atom. The third kappa shape index (κ3) is 5.31. The summed E-state index contributed by atoms with van der Waals surface area (Å²) in [5.41, 5.74) is 1.31. The third-order valence-electron chi connectivity index (χ3n) is 5.65. The first-order valence-corrected chi connectivity index (χ1v) is 12.2. The molecular formula is C26H23FN2O5S. The van der Waals surface area contributed by atoms with Crippen molar-refractivity contribution in [3.63, 3.8) is 0 Å². The predicted octanol–water partition coefficient (Wildman–Crippen LogP) is 4.27. The van der Waals surface area contributed by atoms with Crippen LogP contribution in [0, 0.1) is 5.82 Å². The highest BCUT2D eigenvalue weighted by Gasteiger charge is 2.26. The summed E-state index contributed by atoms with van der Waals surface area (Å²) in [6, 6.07) is 17.9. The fraction of sp³-hybridized carbons (Fsp3) is 0.154. The number of aromatic nitrogens is 1. The van der Waals surface area contributed by atoms with Crippen molar-refractivity contribution in [2.45, 2.75) is 24.9 Å². The molecule has 0 fully saturated rings. The van der Waals surface area contributed by atoms with Crippen LogP contribution in [-0.2, 0) is 23.1 Å². The average molecular weight is 495 g/mol. The number of rotatable bonds is 8. The van der Waals surface area contributed by atoms with E-state index in [0.717, 1.165) is 4.31 Å². The van der Waals surface area contributed by atoms with Gasteiger partial charge in [0.1, 0.15) is 11.6 Å². The molecule has 0 saturated heterocycles. The molecule has 0 aliphatic rings. The maximum atomic E-state index is 13.6. The van der Waals surface area contributed by atoms with Crippen LogP contribution in [0.2, 0.25) is 0 Å². The highest BCUT2D eigenvalue weighted by Crippen LogP contribution is 2.23. The number of carbonyl (C=O) groups is 1. The lowest BCUT2D eigenvalue weighted by Crippen LogP contribution is -2.32. The molecule has 0 spiro atoms. The van der Waals surface area contributed by atoms with Crippen molar-refractivity contribution in [3.05, 3.63) is 106 Å². The van der Waals surface area contributed by atoms with Crippen LogP contribution in [0.3, 0.4) is 0 Å². The number of hydrogen-bond acceptors (Lipinski definition) is 5. The minimum atomic E-state index is -4.08. The van der Waals surface area contributed by atoms with E-state index in [0.29, 0.717) is 27.8 Å². The summed E-state index contributed by atoms with van der Waals surface area (Å²) < 4.78 is 46.9. The number of fused-ring (bicyclic) bond motifs is 1. The molecule has 0 bridgehead atoms. The lowest BCUT2D eigenvalue weighted by atomic mass is 10.1. The van der Waals surface area contributed by atoms with Crippen LogP contribution < -0.4 is 10.3 Å². The van der Waals surface area contributed by atoms with Crippen LogP contribution in [-0.4, -0.2) is 30.6 Å². The van der Waals surface area contributed by atoms with E-state index in [1.165, 1.54) is 62.6 Å². The fourth-order valence-corrected chi connectivity index (χ4v) is 5.10. The van der Waals surface area contributed by atoms with Crippen molar-refractivity contribution in [2.75, 3.05) is 7.11 Å². The standard InChI is InChI=1S/C26H23FN2O5S/c1-17(30)19-6-11-24(12-7-19)35(32,33)29(15-18-3-8-22(27)9-4-18)16-21-13-20-5-10-23(34-2)14-25(20)28-26(21)31/h3-14H,15-16H2,1-2H3,(H,28,31). The number of sulfonamides is 1. The first kappa shape index (κ1) is 24.3. The van der Waals surface area contributed by atoms with Crippen molar-refractivity contribution in [1.29, 1.82) is 0 Å². The number of nitrogens with one attached hydrogen (secondary N) is 1. The molecule has 180 valence electrons. The summed E-state index contributed by atoms with van der Waals surface area (Å²) >= 11 is 0. The highest BCUT2D eigenvalue weighted by atomic mass is 32.2. The normalized spacial score (nSPS) is 11.7. The molecule has 4 aromatic rings. The third-order valence-corrected chi connectivity index (χ3v) is 7.45. The van der Waals surface area contributed by atoms with Crippen molar-refractivity contribution >= 4 is 26.7 Å². The summed E-state index contributed by atoms with van der Waals surface area (Å²) in [6.07, 6.45) is 0. The molecule has 3 aromatic carbocycles. The first-order chi connectivity index (χ1) is 16.7. The van der Waals surface area contributed by atoms with Crippen molar-refractivity contribution in [1.82, 2.24) is 9.29 Å². The van der Waals surface area contributed by atoms with Gasteiger partial charge in [-0.25, -0.2) is 12.8 Å². The molecule has 0 aliphatic carbocycles. The van der Waals surface area contributed by atoms with Crippen LogP contribution >= 0.6 is 0 Å². The van der Waals surface area contributed by atoms with Gasteiger partial charge in [0.05, 0.1) is 17.5 Å². The lowest BCUT2D eigenvalue weighted by molar-refractivity contribution is 0.101. The van der Waals surface area contributed by atoms with E-state index < -0.39 is 21.4 Å². The summed E-state index contributed by atoms with van der Waals surface area (Å²) in [6.45, 7) is 1.09. The Labute approximate surface area is 201 Å². The smallest absolute Gasteiger partial charge is 0.252 e. The maximum absolute atomic E-state index is 13.6. The molecule has 0 unspecified atom stereocenters. The number of methoxy groups -OCH3 is 1. The number of hydrogen-bond donors (Lipinski definition) is 1. The molecule has 0 atom stereocenters. The van der Waals surface area contributed by atoms with Gasteiger partial charge in [0.15, 0.2) is 5.78 Å². The number of ether oxygens (including phenoxy) is 1. The molecule has 9 heteroatoms. The number of H-pyrrole nitrogens is 1. The Bertz CT molecular complexity index is 1550. The fourth-order valence-electron chi connectivity index (χ4n) is 3.69. The zero-order valence-electron chi connectivity index (χ0n) is 19.1. The largest absolute Gasteiger partial charge is 0.497 e. The number of Topliss-reactive ketones (excluding diaryl/α,β-unsaturated/α-hetero) is 1. The average Bonchev–Trinajstić information content (AvgIpc) is 2.85. The molecule has 4 rings (SSSR count). The monoisotopic (exact) mass is 494 g/mol. The second kappa shape index (κ2) is 9.81. The van der Waals surface area contributed by atoms with Gasteiger partial charge in [-0.2, -0.15) is 4.31 Å². The highest BCUT2D eigenvalue weighted by molar-refractivity contribution is 7.89. The van der Waals surface area contributed by atoms with E-state index in [2.05, 4.69) is 4.98 Å². The van der Waals surface area contributed by atoms with Crippen molar-refractivity contribution < 1.29 is 22.3 Å². The second-order valence-electron chi connectivity index (χ2n) is 8.06. The number of nitrogens with zero attached hydrogens (tertiary/aromatic N) is 1. The second-order valence-corrected chi connectivity index (χ2v) is 9.99. The molecule has 0 saturated carbocycles. The molecule has 35 heavy (non-hydrogen) atoms. The van der Waals surface area contributed by atoms with E-state index >= 15 is 0 Å². The number of aromatic amines is 1. The Hall–Kier alpha value is -3.82. The van der Waals surface area contributed by atoms with Gasteiger partial charge >= 0.3 is 0 Å². The van der Waals surface area contributed by atoms with Crippen LogP contribution in [0.15, 0.2) is 82.5 Å². The molecule has 1 aromatic heterocycles. The van der Waals surface area contributed by atoms with Crippen LogP contribution in [0.1, 0.15) is 28.4 Å². The molecule has 0 radical (unpaired) electrons. The minimum absolute atomic E-state index is 0.0217. The van der Waals surface area contributed by atoms with E-state index in [4.69, 9.17) is 4.74 Å². The van der Waals surface area contributed by atoms with Crippen LogP contribution in [0.5, 0.6) is 5.75 Å². The Balaban J connectivity index is 1.75. The number of carbonyl (C=O) groups excluding carboxylic acids is 1. The molecule has 1 heterocycles.